The topological polar surface area (TPSA) is 80.9 Å². The molecule has 0 spiro atoms. The number of aryl methyl sites for hydroxylation is 2. The molecule has 0 bridgehead atoms. The van der Waals surface area contributed by atoms with Gasteiger partial charge in [-0.15, -0.1) is 0 Å². The zero-order chi connectivity index (χ0) is 13.1. The SMILES string of the molecule is Cc1ccc(Nc2cccnc2C(N)=O)nc1C. The first-order valence-electron chi connectivity index (χ1n) is 5.54. The zero-order valence-corrected chi connectivity index (χ0v) is 10.3. The number of primary amides is 1. The summed E-state index contributed by atoms with van der Waals surface area (Å²) in [4.78, 5) is 19.6. The number of carbonyl (C=O) groups is 1. The molecule has 0 aliphatic heterocycles. The van der Waals surface area contributed by atoms with E-state index >= 15 is 0 Å². The van der Waals surface area contributed by atoms with Crippen molar-refractivity contribution in [1.82, 2.24) is 9.97 Å². The summed E-state index contributed by atoms with van der Waals surface area (Å²) in [7, 11) is 0. The lowest BCUT2D eigenvalue weighted by atomic mass is 10.2. The summed E-state index contributed by atoms with van der Waals surface area (Å²) >= 11 is 0. The first kappa shape index (κ1) is 12.0. The van der Waals surface area contributed by atoms with E-state index in [0.717, 1.165) is 11.3 Å². The van der Waals surface area contributed by atoms with E-state index in [2.05, 4.69) is 15.3 Å². The molecule has 5 nitrogen and oxygen atoms in total. The van der Waals surface area contributed by atoms with Gasteiger partial charge in [0.2, 0.25) is 0 Å². The van der Waals surface area contributed by atoms with Gasteiger partial charge < -0.3 is 11.1 Å². The normalized spacial score (nSPS) is 10.1. The lowest BCUT2D eigenvalue weighted by molar-refractivity contribution is 0.0996. The van der Waals surface area contributed by atoms with Gasteiger partial charge in [0.25, 0.3) is 5.91 Å². The van der Waals surface area contributed by atoms with Crippen LogP contribution in [0.3, 0.4) is 0 Å². The Morgan fingerprint density at radius 2 is 2.06 bits per heavy atom. The number of nitrogens with one attached hydrogen (secondary N) is 1. The summed E-state index contributed by atoms with van der Waals surface area (Å²) in [6.45, 7) is 3.92. The third-order valence-corrected chi connectivity index (χ3v) is 2.65. The second-order valence-electron chi connectivity index (χ2n) is 3.99. The summed E-state index contributed by atoms with van der Waals surface area (Å²) < 4.78 is 0. The summed E-state index contributed by atoms with van der Waals surface area (Å²) in [5.74, 6) is 0.0931. The van der Waals surface area contributed by atoms with Gasteiger partial charge in [-0.2, -0.15) is 0 Å². The maximum atomic E-state index is 11.2. The first-order chi connectivity index (χ1) is 8.58. The van der Waals surface area contributed by atoms with Gasteiger partial charge in [-0.1, -0.05) is 6.07 Å². The van der Waals surface area contributed by atoms with E-state index in [1.807, 2.05) is 26.0 Å². The molecule has 0 fully saturated rings. The van der Waals surface area contributed by atoms with Gasteiger partial charge in [-0.3, -0.25) is 4.79 Å². The zero-order valence-electron chi connectivity index (χ0n) is 10.3. The van der Waals surface area contributed by atoms with Crippen molar-refractivity contribution < 1.29 is 4.79 Å². The molecule has 0 saturated heterocycles. The van der Waals surface area contributed by atoms with Gasteiger partial charge in [0.15, 0.2) is 5.69 Å². The predicted molar refractivity (Wildman–Crippen MR) is 69.7 cm³/mol. The van der Waals surface area contributed by atoms with Crippen LogP contribution in [0.15, 0.2) is 30.5 Å². The first-order valence-corrected chi connectivity index (χ1v) is 5.54. The Hall–Kier alpha value is -2.43. The van der Waals surface area contributed by atoms with Gasteiger partial charge >= 0.3 is 0 Å². The van der Waals surface area contributed by atoms with Crippen LogP contribution in [0.5, 0.6) is 0 Å². The van der Waals surface area contributed by atoms with Crippen LogP contribution in [0.2, 0.25) is 0 Å². The smallest absolute Gasteiger partial charge is 0.269 e. The number of carbonyl (C=O) groups excluding carboxylic acids is 1. The van der Waals surface area contributed by atoms with Crippen molar-refractivity contribution in [2.24, 2.45) is 5.73 Å². The highest BCUT2D eigenvalue weighted by molar-refractivity contribution is 5.96. The molecule has 2 heterocycles. The van der Waals surface area contributed by atoms with Crippen molar-refractivity contribution in [3.8, 4) is 0 Å². The standard InChI is InChI=1S/C13H14N4O/c1-8-5-6-11(16-9(8)2)17-10-4-3-7-15-12(10)13(14)18/h3-7H,1-2H3,(H2,14,18)(H,16,17). The second kappa shape index (κ2) is 4.83. The van der Waals surface area contributed by atoms with Crippen LogP contribution in [0, 0.1) is 13.8 Å². The molecule has 2 aromatic rings. The number of rotatable bonds is 3. The van der Waals surface area contributed by atoms with Gasteiger partial charge in [0.05, 0.1) is 5.69 Å². The predicted octanol–water partition coefficient (Wildman–Crippen LogP) is 1.94. The second-order valence-corrected chi connectivity index (χ2v) is 3.99. The molecule has 2 rings (SSSR count). The molecule has 1 amide bonds. The molecule has 3 N–H and O–H groups in total. The molecule has 18 heavy (non-hydrogen) atoms. The molecule has 0 atom stereocenters. The maximum absolute atomic E-state index is 11.2. The van der Waals surface area contributed by atoms with Crippen LogP contribution in [-0.2, 0) is 0 Å². The molecule has 5 heteroatoms. The molecule has 2 aromatic heterocycles. The van der Waals surface area contributed by atoms with Crippen molar-refractivity contribution in [2.45, 2.75) is 13.8 Å². The van der Waals surface area contributed by atoms with Crippen LogP contribution in [0.25, 0.3) is 0 Å². The third-order valence-electron chi connectivity index (χ3n) is 2.65. The van der Waals surface area contributed by atoms with E-state index in [1.165, 1.54) is 6.20 Å². The van der Waals surface area contributed by atoms with Crippen LogP contribution in [-0.4, -0.2) is 15.9 Å². The summed E-state index contributed by atoms with van der Waals surface area (Å²) in [5, 5.41) is 3.05. The fraction of sp³-hybridized carbons (Fsp3) is 0.154. The Labute approximate surface area is 105 Å². The quantitative estimate of drug-likeness (QED) is 0.861. The lowest BCUT2D eigenvalue weighted by Gasteiger charge is -2.09. The highest BCUT2D eigenvalue weighted by atomic mass is 16.1. The molecule has 0 saturated carbocycles. The Bertz CT molecular complexity index is 595. The number of nitrogens with two attached hydrogens (primary N) is 1. The fourth-order valence-electron chi connectivity index (χ4n) is 1.54. The number of nitrogens with zero attached hydrogens (tertiary/aromatic N) is 2. The molecule has 0 aliphatic rings. The van der Waals surface area contributed by atoms with Gasteiger partial charge in [0.1, 0.15) is 5.82 Å². The van der Waals surface area contributed by atoms with Crippen molar-refractivity contribution in [3.63, 3.8) is 0 Å². The summed E-state index contributed by atoms with van der Waals surface area (Å²) in [6.07, 6.45) is 1.53. The summed E-state index contributed by atoms with van der Waals surface area (Å²) in [5.41, 5.74) is 8.07. The van der Waals surface area contributed by atoms with Crippen molar-refractivity contribution in [1.29, 1.82) is 0 Å². The molecular formula is C13H14N4O. The number of hydrogen-bond acceptors (Lipinski definition) is 4. The summed E-state index contributed by atoms with van der Waals surface area (Å²) in [6, 6.07) is 7.28. The van der Waals surface area contributed by atoms with E-state index in [1.54, 1.807) is 12.1 Å². The Morgan fingerprint density at radius 1 is 1.28 bits per heavy atom. The van der Waals surface area contributed by atoms with Crippen molar-refractivity contribution in [2.75, 3.05) is 5.32 Å². The van der Waals surface area contributed by atoms with E-state index in [-0.39, 0.29) is 5.69 Å². The monoisotopic (exact) mass is 242 g/mol. The molecular weight excluding hydrogens is 228 g/mol. The minimum Gasteiger partial charge on any atom is -0.364 e. The van der Waals surface area contributed by atoms with Gasteiger partial charge in [-0.25, -0.2) is 9.97 Å². The molecule has 0 aliphatic carbocycles. The van der Waals surface area contributed by atoms with Gasteiger partial charge in [-0.05, 0) is 37.6 Å². The minimum atomic E-state index is -0.568. The van der Waals surface area contributed by atoms with E-state index in [9.17, 15) is 4.79 Å². The molecule has 0 aromatic carbocycles. The van der Waals surface area contributed by atoms with E-state index < -0.39 is 5.91 Å². The number of hydrogen-bond donors (Lipinski definition) is 2. The molecule has 92 valence electrons. The Balaban J connectivity index is 2.34. The average molecular weight is 242 g/mol. The molecule has 0 unspecified atom stereocenters. The number of anilines is 2. The highest BCUT2D eigenvalue weighted by Crippen LogP contribution is 2.18. The average Bonchev–Trinajstić information content (AvgIpc) is 2.34. The number of pyridine rings is 2. The fourth-order valence-corrected chi connectivity index (χ4v) is 1.54. The largest absolute Gasteiger partial charge is 0.364 e. The van der Waals surface area contributed by atoms with Crippen LogP contribution >= 0.6 is 0 Å². The van der Waals surface area contributed by atoms with Crippen LogP contribution < -0.4 is 11.1 Å². The third kappa shape index (κ3) is 2.45. The van der Waals surface area contributed by atoms with Crippen LogP contribution in [0.4, 0.5) is 11.5 Å². The van der Waals surface area contributed by atoms with Gasteiger partial charge in [0, 0.05) is 11.9 Å². The molecule has 0 radical (unpaired) electrons. The Kier molecular flexibility index (Phi) is 3.23. The highest BCUT2D eigenvalue weighted by Gasteiger charge is 2.09. The van der Waals surface area contributed by atoms with E-state index in [0.29, 0.717) is 11.5 Å². The van der Waals surface area contributed by atoms with E-state index in [4.69, 9.17) is 5.73 Å². The Morgan fingerprint density at radius 3 is 2.72 bits per heavy atom. The van der Waals surface area contributed by atoms with Crippen molar-refractivity contribution >= 4 is 17.4 Å². The minimum absolute atomic E-state index is 0.206. The number of amides is 1. The lowest BCUT2D eigenvalue weighted by Crippen LogP contribution is -2.15. The van der Waals surface area contributed by atoms with Crippen molar-refractivity contribution in [3.05, 3.63) is 47.4 Å². The number of aromatic nitrogens is 2. The maximum Gasteiger partial charge on any atom is 0.269 e. The van der Waals surface area contributed by atoms with Crippen LogP contribution in [0.1, 0.15) is 21.7 Å².